The standard InChI is InChI=1S/C17H15FO3/c1-20-15-7-6-12(10-14(15)18)16(19)17-13-5-3-2-4-11(13)8-9-21-17/h2-7,10,17H,8-9H2,1H3. The molecular formula is C17H15FO3. The van der Waals surface area contributed by atoms with E-state index in [1.165, 1.54) is 19.2 Å². The molecule has 4 heteroatoms. The lowest BCUT2D eigenvalue weighted by atomic mass is 9.92. The Morgan fingerprint density at radius 1 is 1.29 bits per heavy atom. The first kappa shape index (κ1) is 13.8. The first-order valence-corrected chi connectivity index (χ1v) is 6.78. The molecule has 1 unspecified atom stereocenters. The molecule has 3 rings (SSSR count). The third kappa shape index (κ3) is 2.54. The quantitative estimate of drug-likeness (QED) is 0.812. The second-order valence-corrected chi connectivity index (χ2v) is 4.91. The Balaban J connectivity index is 1.95. The van der Waals surface area contributed by atoms with E-state index >= 15 is 0 Å². The van der Waals surface area contributed by atoms with Crippen molar-refractivity contribution in [1.29, 1.82) is 0 Å². The molecule has 21 heavy (non-hydrogen) atoms. The molecule has 0 spiro atoms. The minimum Gasteiger partial charge on any atom is -0.494 e. The van der Waals surface area contributed by atoms with Crippen LogP contribution in [-0.2, 0) is 11.2 Å². The summed E-state index contributed by atoms with van der Waals surface area (Å²) >= 11 is 0. The topological polar surface area (TPSA) is 35.5 Å². The number of Topliss-reactive ketones (excluding diaryl/α,β-unsaturated/α-hetero) is 1. The van der Waals surface area contributed by atoms with E-state index < -0.39 is 11.9 Å². The number of rotatable bonds is 3. The lowest BCUT2D eigenvalue weighted by molar-refractivity contribution is 0.0348. The Morgan fingerprint density at radius 2 is 2.10 bits per heavy atom. The molecule has 0 saturated heterocycles. The van der Waals surface area contributed by atoms with Crippen molar-refractivity contribution in [1.82, 2.24) is 0 Å². The van der Waals surface area contributed by atoms with Crippen LogP contribution in [0.2, 0.25) is 0 Å². The van der Waals surface area contributed by atoms with E-state index in [1.807, 2.05) is 24.3 Å². The fourth-order valence-corrected chi connectivity index (χ4v) is 2.58. The minimum atomic E-state index is -0.664. The van der Waals surface area contributed by atoms with Crippen molar-refractivity contribution in [3.05, 3.63) is 65.0 Å². The number of halogens is 1. The number of carbonyl (C=O) groups is 1. The number of methoxy groups -OCH3 is 1. The molecule has 0 saturated carbocycles. The van der Waals surface area contributed by atoms with Gasteiger partial charge in [0.15, 0.2) is 17.3 Å². The third-order valence-electron chi connectivity index (χ3n) is 3.67. The van der Waals surface area contributed by atoms with E-state index in [4.69, 9.17) is 9.47 Å². The summed E-state index contributed by atoms with van der Waals surface area (Å²) in [5, 5.41) is 0. The smallest absolute Gasteiger partial charge is 0.196 e. The van der Waals surface area contributed by atoms with Gasteiger partial charge in [-0.25, -0.2) is 4.39 Å². The van der Waals surface area contributed by atoms with Crippen molar-refractivity contribution < 1.29 is 18.7 Å². The van der Waals surface area contributed by atoms with Gasteiger partial charge in [-0.3, -0.25) is 4.79 Å². The molecule has 0 radical (unpaired) electrons. The van der Waals surface area contributed by atoms with Crippen molar-refractivity contribution >= 4 is 5.78 Å². The van der Waals surface area contributed by atoms with Crippen molar-refractivity contribution in [2.45, 2.75) is 12.5 Å². The zero-order valence-electron chi connectivity index (χ0n) is 11.6. The van der Waals surface area contributed by atoms with E-state index in [0.29, 0.717) is 6.61 Å². The molecule has 0 aromatic heterocycles. The van der Waals surface area contributed by atoms with Crippen LogP contribution in [0.1, 0.15) is 27.6 Å². The normalized spacial score (nSPS) is 17.1. The summed E-state index contributed by atoms with van der Waals surface area (Å²) in [4.78, 5) is 12.6. The summed E-state index contributed by atoms with van der Waals surface area (Å²) in [6, 6.07) is 11.9. The zero-order valence-corrected chi connectivity index (χ0v) is 11.6. The van der Waals surface area contributed by atoms with Crippen LogP contribution in [0.4, 0.5) is 4.39 Å². The molecule has 0 amide bonds. The Kier molecular flexibility index (Phi) is 3.71. The van der Waals surface area contributed by atoms with E-state index in [9.17, 15) is 9.18 Å². The van der Waals surface area contributed by atoms with E-state index in [0.717, 1.165) is 17.5 Å². The SMILES string of the molecule is COc1ccc(C(=O)C2OCCc3ccccc32)cc1F. The highest BCUT2D eigenvalue weighted by molar-refractivity contribution is 6.00. The highest BCUT2D eigenvalue weighted by Crippen LogP contribution is 2.30. The average molecular weight is 286 g/mol. The summed E-state index contributed by atoms with van der Waals surface area (Å²) in [5.41, 5.74) is 2.26. The van der Waals surface area contributed by atoms with Crippen LogP contribution in [-0.4, -0.2) is 19.5 Å². The predicted molar refractivity (Wildman–Crippen MR) is 76.1 cm³/mol. The number of ketones is 1. The summed E-state index contributed by atoms with van der Waals surface area (Å²) in [5.74, 6) is -0.660. The molecule has 1 aliphatic rings. The van der Waals surface area contributed by atoms with Gasteiger partial charge in [-0.1, -0.05) is 24.3 Å². The fourth-order valence-electron chi connectivity index (χ4n) is 2.58. The number of ether oxygens (including phenoxy) is 2. The Hall–Kier alpha value is -2.20. The fraction of sp³-hybridized carbons (Fsp3) is 0.235. The summed E-state index contributed by atoms with van der Waals surface area (Å²) in [6.07, 6.45) is 0.124. The Bertz CT molecular complexity index is 681. The number of hydrogen-bond donors (Lipinski definition) is 0. The predicted octanol–water partition coefficient (Wildman–Crippen LogP) is 3.33. The maximum absolute atomic E-state index is 13.8. The average Bonchev–Trinajstić information content (AvgIpc) is 2.53. The number of hydrogen-bond acceptors (Lipinski definition) is 3. The van der Waals surface area contributed by atoms with Gasteiger partial charge in [0.25, 0.3) is 0 Å². The molecular weight excluding hydrogens is 271 g/mol. The van der Waals surface area contributed by atoms with Gasteiger partial charge in [0, 0.05) is 5.56 Å². The maximum atomic E-state index is 13.8. The van der Waals surface area contributed by atoms with Gasteiger partial charge in [0.1, 0.15) is 6.10 Å². The van der Waals surface area contributed by atoms with Crippen molar-refractivity contribution in [3.8, 4) is 5.75 Å². The van der Waals surface area contributed by atoms with E-state index in [1.54, 1.807) is 6.07 Å². The zero-order chi connectivity index (χ0) is 14.8. The van der Waals surface area contributed by atoms with Crippen molar-refractivity contribution in [2.24, 2.45) is 0 Å². The van der Waals surface area contributed by atoms with Gasteiger partial charge in [0.2, 0.25) is 0 Å². The van der Waals surface area contributed by atoms with Crippen LogP contribution < -0.4 is 4.74 Å². The van der Waals surface area contributed by atoms with Gasteiger partial charge in [0.05, 0.1) is 13.7 Å². The Labute approximate surface area is 122 Å². The van der Waals surface area contributed by atoms with Gasteiger partial charge in [-0.05, 0) is 35.7 Å². The van der Waals surface area contributed by atoms with Crippen LogP contribution in [0.3, 0.4) is 0 Å². The maximum Gasteiger partial charge on any atom is 0.196 e. The Morgan fingerprint density at radius 3 is 2.86 bits per heavy atom. The van der Waals surface area contributed by atoms with Crippen LogP contribution in [0.5, 0.6) is 5.75 Å². The molecule has 0 fully saturated rings. The van der Waals surface area contributed by atoms with Crippen LogP contribution >= 0.6 is 0 Å². The van der Waals surface area contributed by atoms with Crippen LogP contribution in [0, 0.1) is 5.82 Å². The minimum absolute atomic E-state index is 0.122. The third-order valence-corrected chi connectivity index (χ3v) is 3.67. The molecule has 2 aromatic rings. The second-order valence-electron chi connectivity index (χ2n) is 4.91. The van der Waals surface area contributed by atoms with E-state index in [-0.39, 0.29) is 17.1 Å². The molecule has 0 bridgehead atoms. The molecule has 1 atom stereocenters. The highest BCUT2D eigenvalue weighted by Gasteiger charge is 2.28. The first-order valence-electron chi connectivity index (χ1n) is 6.78. The largest absolute Gasteiger partial charge is 0.494 e. The lowest BCUT2D eigenvalue weighted by Gasteiger charge is -2.25. The monoisotopic (exact) mass is 286 g/mol. The highest BCUT2D eigenvalue weighted by atomic mass is 19.1. The summed E-state index contributed by atoms with van der Waals surface area (Å²) < 4.78 is 24.2. The van der Waals surface area contributed by atoms with Gasteiger partial charge in [-0.2, -0.15) is 0 Å². The number of carbonyl (C=O) groups excluding carboxylic acids is 1. The molecule has 0 N–H and O–H groups in total. The van der Waals surface area contributed by atoms with Gasteiger partial charge in [-0.15, -0.1) is 0 Å². The van der Waals surface area contributed by atoms with Gasteiger partial charge < -0.3 is 9.47 Å². The van der Waals surface area contributed by atoms with Crippen LogP contribution in [0.15, 0.2) is 42.5 Å². The second kappa shape index (κ2) is 5.66. The lowest BCUT2D eigenvalue weighted by Crippen LogP contribution is -2.23. The molecule has 2 aromatic carbocycles. The number of fused-ring (bicyclic) bond motifs is 1. The molecule has 1 heterocycles. The van der Waals surface area contributed by atoms with E-state index in [2.05, 4.69) is 0 Å². The van der Waals surface area contributed by atoms with Gasteiger partial charge >= 0.3 is 0 Å². The summed E-state index contributed by atoms with van der Waals surface area (Å²) in [7, 11) is 1.39. The number of benzene rings is 2. The molecule has 0 aliphatic carbocycles. The molecule has 1 aliphatic heterocycles. The van der Waals surface area contributed by atoms with Crippen molar-refractivity contribution in [3.63, 3.8) is 0 Å². The molecule has 108 valence electrons. The molecule has 3 nitrogen and oxygen atoms in total. The van der Waals surface area contributed by atoms with Crippen molar-refractivity contribution in [2.75, 3.05) is 13.7 Å². The van der Waals surface area contributed by atoms with Crippen LogP contribution in [0.25, 0.3) is 0 Å². The summed E-state index contributed by atoms with van der Waals surface area (Å²) in [6.45, 7) is 0.492. The first-order chi connectivity index (χ1) is 10.2.